The van der Waals surface area contributed by atoms with Gasteiger partial charge in [-0.05, 0) is 12.5 Å². The second-order valence-electron chi connectivity index (χ2n) is 3.56. The average Bonchev–Trinajstić information content (AvgIpc) is 2.23. The summed E-state index contributed by atoms with van der Waals surface area (Å²) in [6.07, 6.45) is 4.14. The average molecular weight is 259 g/mol. The van der Waals surface area contributed by atoms with Crippen LogP contribution in [0.25, 0.3) is 0 Å². The molecule has 0 saturated carbocycles. The monoisotopic (exact) mass is 259 g/mol. The third-order valence-electron chi connectivity index (χ3n) is 2.00. The van der Waals surface area contributed by atoms with E-state index in [1.807, 2.05) is 0 Å². The summed E-state index contributed by atoms with van der Waals surface area (Å²) < 4.78 is 21.7. The predicted molar refractivity (Wildman–Crippen MR) is 63.7 cm³/mol. The van der Waals surface area contributed by atoms with E-state index in [-0.39, 0.29) is 11.4 Å². The van der Waals surface area contributed by atoms with Gasteiger partial charge in [0, 0.05) is 19.0 Å². The van der Waals surface area contributed by atoms with Gasteiger partial charge in [-0.2, -0.15) is 0 Å². The molecule has 0 aliphatic heterocycles. The lowest BCUT2D eigenvalue weighted by molar-refractivity contribution is -0.384. The normalized spacial score (nSPS) is 11.1. The van der Waals surface area contributed by atoms with Crippen LogP contribution in [0.1, 0.15) is 6.42 Å². The van der Waals surface area contributed by atoms with Crippen LogP contribution >= 0.6 is 0 Å². The van der Waals surface area contributed by atoms with Gasteiger partial charge in [-0.25, -0.2) is 8.42 Å². The first-order chi connectivity index (χ1) is 7.90. The summed E-state index contributed by atoms with van der Waals surface area (Å²) in [7, 11) is -2.99. The van der Waals surface area contributed by atoms with Gasteiger partial charge in [0.1, 0.15) is 21.7 Å². The number of anilines is 1. The highest BCUT2D eigenvalue weighted by atomic mass is 32.2. The number of rotatable bonds is 6. The predicted octanol–water partition coefficient (Wildman–Crippen LogP) is 0.836. The Hall–Kier alpha value is -1.70. The number of hydrogen-bond donors (Lipinski definition) is 1. The molecule has 0 spiro atoms. The number of nitrogens with zero attached hydrogens (tertiary/aromatic N) is 2. The van der Waals surface area contributed by atoms with Crippen molar-refractivity contribution in [3.63, 3.8) is 0 Å². The fraction of sp³-hybridized carbons (Fsp3) is 0.444. The maximum absolute atomic E-state index is 10.9. The quantitative estimate of drug-likeness (QED) is 0.461. The van der Waals surface area contributed by atoms with E-state index in [1.54, 1.807) is 0 Å². The molecule has 0 amide bonds. The molecule has 7 nitrogen and oxygen atoms in total. The van der Waals surface area contributed by atoms with E-state index in [0.717, 1.165) is 12.5 Å². The van der Waals surface area contributed by atoms with Crippen LogP contribution in [-0.2, 0) is 9.84 Å². The van der Waals surface area contributed by atoms with Gasteiger partial charge in [-0.1, -0.05) is 0 Å². The Morgan fingerprint density at radius 3 is 2.82 bits per heavy atom. The van der Waals surface area contributed by atoms with Crippen LogP contribution in [0.4, 0.5) is 11.4 Å². The molecule has 0 fully saturated rings. The van der Waals surface area contributed by atoms with Gasteiger partial charge in [-0.3, -0.25) is 15.1 Å². The minimum atomic E-state index is -2.99. The van der Waals surface area contributed by atoms with Gasteiger partial charge in [0.25, 0.3) is 0 Å². The summed E-state index contributed by atoms with van der Waals surface area (Å²) in [4.78, 5) is 13.8. The third kappa shape index (κ3) is 4.77. The topological polar surface area (TPSA) is 102 Å². The number of nitro groups is 1. The van der Waals surface area contributed by atoms with Crippen molar-refractivity contribution in [3.05, 3.63) is 28.6 Å². The van der Waals surface area contributed by atoms with E-state index in [1.165, 1.54) is 12.3 Å². The first-order valence-electron chi connectivity index (χ1n) is 4.90. The van der Waals surface area contributed by atoms with Crippen LogP contribution in [0, 0.1) is 10.1 Å². The second kappa shape index (κ2) is 5.58. The lowest BCUT2D eigenvalue weighted by Crippen LogP contribution is -2.10. The number of aromatic nitrogens is 1. The molecular weight excluding hydrogens is 246 g/mol. The fourth-order valence-electron chi connectivity index (χ4n) is 1.24. The van der Waals surface area contributed by atoms with Gasteiger partial charge < -0.3 is 5.32 Å². The molecule has 1 heterocycles. The Balaban J connectivity index is 2.55. The van der Waals surface area contributed by atoms with E-state index in [0.29, 0.717) is 18.7 Å². The Bertz CT molecular complexity index is 501. The summed E-state index contributed by atoms with van der Waals surface area (Å²) >= 11 is 0. The molecular formula is C9H13N3O4S. The largest absolute Gasteiger partial charge is 0.379 e. The van der Waals surface area contributed by atoms with Gasteiger partial charge >= 0.3 is 5.69 Å². The van der Waals surface area contributed by atoms with Crippen LogP contribution in [0.2, 0.25) is 0 Å². The van der Waals surface area contributed by atoms with Crippen LogP contribution in [0.5, 0.6) is 0 Å². The van der Waals surface area contributed by atoms with Gasteiger partial charge in [0.05, 0.1) is 10.7 Å². The van der Waals surface area contributed by atoms with Gasteiger partial charge in [-0.15, -0.1) is 0 Å². The first-order valence-corrected chi connectivity index (χ1v) is 6.96. The van der Waals surface area contributed by atoms with E-state index in [9.17, 15) is 18.5 Å². The molecule has 0 aliphatic carbocycles. The van der Waals surface area contributed by atoms with Crippen molar-refractivity contribution in [2.24, 2.45) is 0 Å². The minimum Gasteiger partial charge on any atom is -0.379 e. The molecule has 94 valence electrons. The molecule has 17 heavy (non-hydrogen) atoms. The SMILES string of the molecule is CS(=O)(=O)CCCNc1ccncc1[N+](=O)[O-]. The molecule has 0 saturated heterocycles. The standard InChI is InChI=1S/C9H13N3O4S/c1-17(15,16)6-2-4-11-8-3-5-10-7-9(8)12(13)14/h3,5,7H,2,4,6H2,1H3,(H,10,11). The van der Waals surface area contributed by atoms with Crippen LogP contribution in [-0.4, -0.2) is 36.9 Å². The summed E-state index contributed by atoms with van der Waals surface area (Å²) in [6.45, 7) is 0.359. The molecule has 1 N–H and O–H groups in total. The molecule has 0 bridgehead atoms. The highest BCUT2D eigenvalue weighted by Gasteiger charge is 2.12. The van der Waals surface area contributed by atoms with Crippen molar-refractivity contribution in [1.29, 1.82) is 0 Å². The Morgan fingerprint density at radius 1 is 1.53 bits per heavy atom. The molecule has 1 aromatic heterocycles. The summed E-state index contributed by atoms with van der Waals surface area (Å²) in [5.74, 6) is 0.0544. The maximum atomic E-state index is 10.9. The molecule has 0 aromatic carbocycles. The van der Waals surface area contributed by atoms with Crippen molar-refractivity contribution in [1.82, 2.24) is 4.98 Å². The van der Waals surface area contributed by atoms with E-state index in [2.05, 4.69) is 10.3 Å². The highest BCUT2D eigenvalue weighted by Crippen LogP contribution is 2.21. The highest BCUT2D eigenvalue weighted by molar-refractivity contribution is 7.90. The van der Waals surface area contributed by atoms with Crippen molar-refractivity contribution in [2.45, 2.75) is 6.42 Å². The Labute approximate surface area is 98.9 Å². The molecule has 0 unspecified atom stereocenters. The fourth-order valence-corrected chi connectivity index (χ4v) is 1.91. The molecule has 8 heteroatoms. The summed E-state index contributed by atoms with van der Waals surface area (Å²) in [5.41, 5.74) is 0.227. The van der Waals surface area contributed by atoms with Crippen LogP contribution < -0.4 is 5.32 Å². The second-order valence-corrected chi connectivity index (χ2v) is 5.82. The Kier molecular flexibility index (Phi) is 4.38. The van der Waals surface area contributed by atoms with Crippen molar-refractivity contribution in [2.75, 3.05) is 23.9 Å². The number of sulfone groups is 1. The number of nitrogens with one attached hydrogen (secondary N) is 1. The van der Waals surface area contributed by atoms with Gasteiger partial charge in [0.2, 0.25) is 0 Å². The number of pyridine rings is 1. The van der Waals surface area contributed by atoms with Crippen LogP contribution in [0.3, 0.4) is 0 Å². The lowest BCUT2D eigenvalue weighted by Gasteiger charge is -2.05. The molecule has 0 radical (unpaired) electrons. The van der Waals surface area contributed by atoms with Crippen molar-refractivity contribution in [3.8, 4) is 0 Å². The molecule has 0 atom stereocenters. The minimum absolute atomic E-state index is 0.0544. The zero-order valence-corrected chi connectivity index (χ0v) is 10.1. The summed E-state index contributed by atoms with van der Waals surface area (Å²) in [6, 6.07) is 1.48. The smallest absolute Gasteiger partial charge is 0.310 e. The zero-order valence-electron chi connectivity index (χ0n) is 9.29. The van der Waals surface area contributed by atoms with Gasteiger partial charge in [0.15, 0.2) is 0 Å². The first kappa shape index (κ1) is 13.4. The van der Waals surface area contributed by atoms with Crippen molar-refractivity contribution < 1.29 is 13.3 Å². The maximum Gasteiger partial charge on any atom is 0.310 e. The van der Waals surface area contributed by atoms with E-state index in [4.69, 9.17) is 0 Å². The van der Waals surface area contributed by atoms with E-state index < -0.39 is 14.8 Å². The van der Waals surface area contributed by atoms with Crippen LogP contribution in [0.15, 0.2) is 18.5 Å². The molecule has 0 aliphatic rings. The van der Waals surface area contributed by atoms with E-state index >= 15 is 0 Å². The Morgan fingerprint density at radius 2 is 2.24 bits per heavy atom. The lowest BCUT2D eigenvalue weighted by atomic mass is 10.3. The molecule has 1 rings (SSSR count). The van der Waals surface area contributed by atoms with Crippen molar-refractivity contribution >= 4 is 21.2 Å². The number of hydrogen-bond acceptors (Lipinski definition) is 6. The molecule has 1 aromatic rings. The zero-order chi connectivity index (χ0) is 12.9. The third-order valence-corrected chi connectivity index (χ3v) is 3.03. The summed E-state index contributed by atoms with van der Waals surface area (Å²) in [5, 5.41) is 13.5.